The first-order chi connectivity index (χ1) is 8.16. The number of hydrogen-bond donors (Lipinski definition) is 0. The van der Waals surface area contributed by atoms with Gasteiger partial charge in [-0.1, -0.05) is 26.0 Å². The van der Waals surface area contributed by atoms with Gasteiger partial charge in [0.05, 0.1) is 5.52 Å². The van der Waals surface area contributed by atoms with E-state index >= 15 is 0 Å². The van der Waals surface area contributed by atoms with Gasteiger partial charge in [-0.2, -0.15) is 0 Å². The third-order valence-electron chi connectivity index (χ3n) is 2.97. The van der Waals surface area contributed by atoms with Crippen molar-refractivity contribution >= 4 is 16.7 Å². The first-order valence-corrected chi connectivity index (χ1v) is 6.03. The summed E-state index contributed by atoms with van der Waals surface area (Å²) in [5, 5.41) is 1.14. The molecule has 0 spiro atoms. The van der Waals surface area contributed by atoms with Crippen LogP contribution in [-0.4, -0.2) is 10.8 Å². The van der Waals surface area contributed by atoms with Gasteiger partial charge in [0.25, 0.3) is 0 Å². The highest BCUT2D eigenvalue weighted by molar-refractivity contribution is 5.81. The molecule has 0 aliphatic heterocycles. The Hall–Kier alpha value is -1.70. The average Bonchev–Trinajstić information content (AvgIpc) is 2.35. The number of aromatic nitrogens is 1. The normalized spacial score (nSPS) is 11.0. The molecule has 0 amide bonds. The van der Waals surface area contributed by atoms with E-state index in [0.717, 1.165) is 17.3 Å². The number of hydrogen-bond acceptors (Lipinski definition) is 2. The van der Waals surface area contributed by atoms with Gasteiger partial charge >= 0.3 is 0 Å². The molecule has 17 heavy (non-hydrogen) atoms. The Balaban J connectivity index is 2.12. The average molecular weight is 227 g/mol. The summed E-state index contributed by atoms with van der Waals surface area (Å²) in [5.74, 6) is 0.466. The molecule has 0 saturated carbocycles. The molecule has 0 N–H and O–H groups in total. The van der Waals surface area contributed by atoms with Crippen LogP contribution in [0.4, 0.5) is 0 Å². The van der Waals surface area contributed by atoms with Crippen LogP contribution in [0.1, 0.15) is 25.8 Å². The van der Waals surface area contributed by atoms with E-state index in [2.05, 4.69) is 23.2 Å². The van der Waals surface area contributed by atoms with Gasteiger partial charge < -0.3 is 0 Å². The molecule has 1 aromatic carbocycles. The third-order valence-corrected chi connectivity index (χ3v) is 2.97. The Bertz CT molecular complexity index is 531. The van der Waals surface area contributed by atoms with Crippen LogP contribution < -0.4 is 0 Å². The van der Waals surface area contributed by atoms with E-state index < -0.39 is 0 Å². The zero-order valence-corrected chi connectivity index (χ0v) is 10.3. The van der Waals surface area contributed by atoms with E-state index in [1.54, 1.807) is 6.20 Å². The lowest BCUT2D eigenvalue weighted by molar-refractivity contribution is -0.121. The molecule has 0 atom stereocenters. The lowest BCUT2D eigenvalue weighted by Gasteiger charge is -2.05. The van der Waals surface area contributed by atoms with Crippen LogP contribution in [0.25, 0.3) is 10.9 Å². The molecule has 0 fully saturated rings. The van der Waals surface area contributed by atoms with Gasteiger partial charge in [-0.3, -0.25) is 9.78 Å². The number of Topliss-reactive ketones (excluding diaryl/α,β-unsaturated/α-hetero) is 1. The van der Waals surface area contributed by atoms with Crippen LogP contribution in [-0.2, 0) is 11.2 Å². The summed E-state index contributed by atoms with van der Waals surface area (Å²) in [7, 11) is 0. The summed E-state index contributed by atoms with van der Waals surface area (Å²) in [6, 6.07) is 10.2. The summed E-state index contributed by atoms with van der Waals surface area (Å²) in [5.41, 5.74) is 2.21. The Kier molecular flexibility index (Phi) is 3.52. The molecule has 0 radical (unpaired) electrons. The zero-order valence-electron chi connectivity index (χ0n) is 10.3. The predicted molar refractivity (Wildman–Crippen MR) is 69.9 cm³/mol. The van der Waals surface area contributed by atoms with Crippen LogP contribution in [0.3, 0.4) is 0 Å². The van der Waals surface area contributed by atoms with Crippen molar-refractivity contribution in [3.63, 3.8) is 0 Å². The Morgan fingerprint density at radius 2 is 2.12 bits per heavy atom. The SMILES string of the molecule is CC(C)C(=O)CCc1ccc2ncccc2c1. The molecule has 2 nitrogen and oxygen atoms in total. The van der Waals surface area contributed by atoms with Gasteiger partial charge in [-0.05, 0) is 30.2 Å². The number of pyridine rings is 1. The van der Waals surface area contributed by atoms with Gasteiger partial charge in [-0.25, -0.2) is 0 Å². The predicted octanol–water partition coefficient (Wildman–Crippen LogP) is 3.39. The second-order valence-electron chi connectivity index (χ2n) is 4.65. The number of benzene rings is 1. The lowest BCUT2D eigenvalue weighted by Crippen LogP contribution is -2.07. The van der Waals surface area contributed by atoms with E-state index in [4.69, 9.17) is 0 Å². The van der Waals surface area contributed by atoms with Crippen molar-refractivity contribution in [3.8, 4) is 0 Å². The lowest BCUT2D eigenvalue weighted by atomic mass is 10.00. The van der Waals surface area contributed by atoms with Crippen molar-refractivity contribution in [1.29, 1.82) is 0 Å². The highest BCUT2D eigenvalue weighted by Gasteiger charge is 2.07. The first kappa shape index (κ1) is 11.8. The maximum atomic E-state index is 11.6. The molecular weight excluding hydrogens is 210 g/mol. The standard InChI is InChI=1S/C15H17NO/c1-11(2)15(17)8-6-12-5-7-14-13(10-12)4-3-9-16-14/h3-5,7,9-11H,6,8H2,1-2H3. The summed E-state index contributed by atoms with van der Waals surface area (Å²) >= 11 is 0. The number of aryl methyl sites for hydroxylation is 1. The number of carbonyl (C=O) groups is 1. The van der Waals surface area contributed by atoms with Crippen molar-refractivity contribution < 1.29 is 4.79 Å². The minimum Gasteiger partial charge on any atom is -0.299 e. The molecule has 1 heterocycles. The summed E-state index contributed by atoms with van der Waals surface area (Å²) < 4.78 is 0. The van der Waals surface area contributed by atoms with Gasteiger partial charge in [0, 0.05) is 23.9 Å². The van der Waals surface area contributed by atoms with E-state index in [9.17, 15) is 4.79 Å². The second kappa shape index (κ2) is 5.09. The first-order valence-electron chi connectivity index (χ1n) is 6.03. The van der Waals surface area contributed by atoms with Crippen molar-refractivity contribution in [2.24, 2.45) is 5.92 Å². The maximum absolute atomic E-state index is 11.6. The minimum absolute atomic E-state index is 0.136. The number of fused-ring (bicyclic) bond motifs is 1. The van der Waals surface area contributed by atoms with Crippen molar-refractivity contribution in [2.45, 2.75) is 26.7 Å². The summed E-state index contributed by atoms with van der Waals surface area (Å²) in [4.78, 5) is 15.8. The van der Waals surface area contributed by atoms with Crippen molar-refractivity contribution in [2.75, 3.05) is 0 Å². The number of rotatable bonds is 4. The van der Waals surface area contributed by atoms with Gasteiger partial charge in [0.2, 0.25) is 0 Å². The topological polar surface area (TPSA) is 30.0 Å². The van der Waals surface area contributed by atoms with Crippen LogP contribution in [0.15, 0.2) is 36.5 Å². The van der Waals surface area contributed by atoms with Crippen LogP contribution in [0.5, 0.6) is 0 Å². The molecule has 2 rings (SSSR count). The van der Waals surface area contributed by atoms with E-state index in [1.807, 2.05) is 26.0 Å². The summed E-state index contributed by atoms with van der Waals surface area (Å²) in [6.45, 7) is 3.90. The molecule has 0 unspecified atom stereocenters. The molecule has 0 aliphatic rings. The molecule has 0 saturated heterocycles. The summed E-state index contributed by atoms with van der Waals surface area (Å²) in [6.07, 6.45) is 3.25. The number of ketones is 1. The van der Waals surface area contributed by atoms with E-state index in [-0.39, 0.29) is 5.92 Å². The largest absolute Gasteiger partial charge is 0.299 e. The smallest absolute Gasteiger partial charge is 0.135 e. The Morgan fingerprint density at radius 3 is 2.88 bits per heavy atom. The fraction of sp³-hybridized carbons (Fsp3) is 0.333. The molecule has 1 aromatic heterocycles. The molecular formula is C15H17NO. The molecule has 0 bridgehead atoms. The Morgan fingerprint density at radius 1 is 1.29 bits per heavy atom. The fourth-order valence-corrected chi connectivity index (χ4v) is 1.84. The van der Waals surface area contributed by atoms with Crippen LogP contribution in [0, 0.1) is 5.92 Å². The monoisotopic (exact) mass is 227 g/mol. The van der Waals surface area contributed by atoms with E-state index in [0.29, 0.717) is 12.2 Å². The minimum atomic E-state index is 0.136. The van der Waals surface area contributed by atoms with E-state index in [1.165, 1.54) is 5.56 Å². The quantitative estimate of drug-likeness (QED) is 0.801. The highest BCUT2D eigenvalue weighted by atomic mass is 16.1. The van der Waals surface area contributed by atoms with Crippen molar-refractivity contribution in [1.82, 2.24) is 4.98 Å². The van der Waals surface area contributed by atoms with Gasteiger partial charge in [-0.15, -0.1) is 0 Å². The number of nitrogens with zero attached hydrogens (tertiary/aromatic N) is 1. The zero-order chi connectivity index (χ0) is 12.3. The highest BCUT2D eigenvalue weighted by Crippen LogP contribution is 2.15. The van der Waals surface area contributed by atoms with Gasteiger partial charge in [0.1, 0.15) is 5.78 Å². The van der Waals surface area contributed by atoms with Crippen molar-refractivity contribution in [3.05, 3.63) is 42.1 Å². The van der Waals surface area contributed by atoms with Crippen LogP contribution in [0.2, 0.25) is 0 Å². The van der Waals surface area contributed by atoms with Gasteiger partial charge in [0.15, 0.2) is 0 Å². The molecule has 0 aliphatic carbocycles. The molecule has 2 heteroatoms. The molecule has 88 valence electrons. The maximum Gasteiger partial charge on any atom is 0.135 e. The fourth-order valence-electron chi connectivity index (χ4n) is 1.84. The van der Waals surface area contributed by atoms with Crippen LogP contribution >= 0.6 is 0 Å². The third kappa shape index (κ3) is 2.90. The second-order valence-corrected chi connectivity index (χ2v) is 4.65. The Labute approximate surface area is 102 Å². The molecule has 2 aromatic rings. The number of carbonyl (C=O) groups excluding carboxylic acids is 1.